The van der Waals surface area contributed by atoms with E-state index >= 15 is 0 Å². The summed E-state index contributed by atoms with van der Waals surface area (Å²) in [6.07, 6.45) is 1.01. The van der Waals surface area contributed by atoms with Gasteiger partial charge >= 0.3 is 0 Å². The fourth-order valence-electron chi connectivity index (χ4n) is 3.02. The second-order valence-corrected chi connectivity index (χ2v) is 6.93. The highest BCUT2D eigenvalue weighted by Crippen LogP contribution is 2.17. The number of carbonyl (C=O) groups excluding carboxylic acids is 2. The molecule has 150 valence electrons. The molecule has 1 atom stereocenters. The van der Waals surface area contributed by atoms with Gasteiger partial charge in [0, 0.05) is 19.5 Å². The molecule has 0 bridgehead atoms. The fraction of sp³-hybridized carbons (Fsp3) is 0.391. The van der Waals surface area contributed by atoms with Gasteiger partial charge in [0.1, 0.15) is 11.8 Å². The predicted molar refractivity (Wildman–Crippen MR) is 111 cm³/mol. The molecule has 0 aliphatic rings. The van der Waals surface area contributed by atoms with E-state index in [0.29, 0.717) is 25.9 Å². The normalized spacial score (nSPS) is 11.6. The van der Waals surface area contributed by atoms with Crippen LogP contribution in [0.4, 0.5) is 0 Å². The van der Waals surface area contributed by atoms with E-state index in [9.17, 15) is 9.59 Å². The van der Waals surface area contributed by atoms with E-state index in [4.69, 9.17) is 4.74 Å². The van der Waals surface area contributed by atoms with Gasteiger partial charge in [0.25, 0.3) is 0 Å². The van der Waals surface area contributed by atoms with Crippen LogP contribution in [0.2, 0.25) is 0 Å². The summed E-state index contributed by atoms with van der Waals surface area (Å²) < 4.78 is 5.28. The molecule has 0 heterocycles. The third kappa shape index (κ3) is 6.12. The quantitative estimate of drug-likeness (QED) is 0.722. The first-order valence-corrected chi connectivity index (χ1v) is 9.70. The largest absolute Gasteiger partial charge is 0.497 e. The lowest BCUT2D eigenvalue weighted by molar-refractivity contribution is -0.140. The van der Waals surface area contributed by atoms with E-state index in [2.05, 4.69) is 5.32 Å². The molecule has 0 aliphatic heterocycles. The molecule has 0 unspecified atom stereocenters. The number of hydrogen-bond acceptors (Lipinski definition) is 3. The second-order valence-electron chi connectivity index (χ2n) is 6.93. The maximum atomic E-state index is 13.0. The van der Waals surface area contributed by atoms with Gasteiger partial charge in [0.05, 0.1) is 7.11 Å². The Morgan fingerprint density at radius 1 is 1.11 bits per heavy atom. The number of benzene rings is 2. The van der Waals surface area contributed by atoms with Gasteiger partial charge in [0.2, 0.25) is 11.8 Å². The third-order valence-electron chi connectivity index (χ3n) is 4.75. The predicted octanol–water partition coefficient (Wildman–Crippen LogP) is 3.49. The number of nitrogens with one attached hydrogen (secondary N) is 1. The fourth-order valence-corrected chi connectivity index (χ4v) is 3.02. The van der Waals surface area contributed by atoms with Crippen molar-refractivity contribution in [2.75, 3.05) is 13.7 Å². The maximum absolute atomic E-state index is 13.0. The third-order valence-corrected chi connectivity index (χ3v) is 4.75. The van der Waals surface area contributed by atoms with Crippen molar-refractivity contribution < 1.29 is 14.3 Å². The lowest BCUT2D eigenvalue weighted by atomic mass is 10.1. The maximum Gasteiger partial charge on any atom is 0.242 e. The monoisotopic (exact) mass is 382 g/mol. The molecule has 0 spiro atoms. The van der Waals surface area contributed by atoms with E-state index in [1.54, 1.807) is 18.9 Å². The van der Waals surface area contributed by atoms with Gasteiger partial charge in [-0.2, -0.15) is 0 Å². The SMILES string of the molecule is CCNC(=O)[C@@H](C)N(Cc1cccc(OC)c1)C(=O)CCc1ccc(C)cc1. The molecule has 0 saturated carbocycles. The van der Waals surface area contributed by atoms with Crippen molar-refractivity contribution in [3.05, 3.63) is 65.2 Å². The van der Waals surface area contributed by atoms with Crippen molar-refractivity contribution in [1.82, 2.24) is 10.2 Å². The summed E-state index contributed by atoms with van der Waals surface area (Å²) in [5.74, 6) is 0.548. The van der Waals surface area contributed by atoms with Crippen LogP contribution in [0, 0.1) is 6.92 Å². The lowest BCUT2D eigenvalue weighted by Crippen LogP contribution is -2.47. The van der Waals surface area contributed by atoms with E-state index < -0.39 is 6.04 Å². The first-order chi connectivity index (χ1) is 13.4. The number of rotatable bonds is 9. The molecule has 5 nitrogen and oxygen atoms in total. The van der Waals surface area contributed by atoms with Crippen LogP contribution in [-0.4, -0.2) is 36.4 Å². The molecule has 0 saturated heterocycles. The Labute approximate surface area is 167 Å². The Kier molecular flexibility index (Phi) is 8.05. The standard InChI is InChI=1S/C23H30N2O3/c1-5-24-23(27)18(3)25(16-20-7-6-8-21(15-20)28-4)22(26)14-13-19-11-9-17(2)10-12-19/h6-12,15,18H,5,13-14,16H2,1-4H3,(H,24,27)/t18-/m1/s1. The molecule has 0 aliphatic carbocycles. The van der Waals surface area contributed by atoms with Gasteiger partial charge < -0.3 is 15.0 Å². The number of likely N-dealkylation sites (N-methyl/N-ethyl adjacent to an activating group) is 1. The zero-order valence-electron chi connectivity index (χ0n) is 17.2. The highest BCUT2D eigenvalue weighted by molar-refractivity contribution is 5.87. The van der Waals surface area contributed by atoms with Crippen molar-refractivity contribution in [2.24, 2.45) is 0 Å². The summed E-state index contributed by atoms with van der Waals surface area (Å²) in [6.45, 7) is 6.58. The molecule has 0 radical (unpaired) electrons. The minimum Gasteiger partial charge on any atom is -0.497 e. The minimum atomic E-state index is -0.545. The van der Waals surface area contributed by atoms with Crippen molar-refractivity contribution in [2.45, 2.75) is 46.2 Å². The van der Waals surface area contributed by atoms with Crippen LogP contribution in [0.1, 0.15) is 37.0 Å². The molecule has 0 fully saturated rings. The number of amides is 2. The van der Waals surface area contributed by atoms with Crippen LogP contribution in [0.5, 0.6) is 5.75 Å². The van der Waals surface area contributed by atoms with Crippen LogP contribution in [-0.2, 0) is 22.6 Å². The lowest BCUT2D eigenvalue weighted by Gasteiger charge is -2.29. The Bertz CT molecular complexity index is 787. The van der Waals surface area contributed by atoms with Crippen molar-refractivity contribution in [3.63, 3.8) is 0 Å². The Balaban J connectivity index is 2.14. The summed E-state index contributed by atoms with van der Waals surface area (Å²) in [7, 11) is 1.61. The number of methoxy groups -OCH3 is 1. The molecule has 28 heavy (non-hydrogen) atoms. The number of aryl methyl sites for hydroxylation is 2. The molecule has 2 aromatic carbocycles. The molecular weight excluding hydrogens is 352 g/mol. The van der Waals surface area contributed by atoms with Crippen LogP contribution >= 0.6 is 0 Å². The van der Waals surface area contributed by atoms with E-state index in [0.717, 1.165) is 16.9 Å². The average molecular weight is 383 g/mol. The Morgan fingerprint density at radius 3 is 2.46 bits per heavy atom. The van der Waals surface area contributed by atoms with Crippen molar-refractivity contribution >= 4 is 11.8 Å². The second kappa shape index (κ2) is 10.5. The first-order valence-electron chi connectivity index (χ1n) is 9.70. The van der Waals surface area contributed by atoms with Gasteiger partial charge in [0.15, 0.2) is 0 Å². The molecule has 2 aromatic rings. The van der Waals surface area contributed by atoms with Crippen LogP contribution in [0.3, 0.4) is 0 Å². The van der Waals surface area contributed by atoms with E-state index in [1.165, 1.54) is 5.56 Å². The zero-order valence-corrected chi connectivity index (χ0v) is 17.2. The number of ether oxygens (including phenoxy) is 1. The van der Waals surface area contributed by atoms with Crippen LogP contribution in [0.25, 0.3) is 0 Å². The molecule has 1 N–H and O–H groups in total. The van der Waals surface area contributed by atoms with Crippen LogP contribution in [0.15, 0.2) is 48.5 Å². The summed E-state index contributed by atoms with van der Waals surface area (Å²) in [5.41, 5.74) is 3.24. The van der Waals surface area contributed by atoms with Gasteiger partial charge in [-0.25, -0.2) is 0 Å². The molecular formula is C23H30N2O3. The Hall–Kier alpha value is -2.82. The number of carbonyl (C=O) groups is 2. The van der Waals surface area contributed by atoms with Crippen LogP contribution < -0.4 is 10.1 Å². The average Bonchev–Trinajstić information content (AvgIpc) is 2.71. The Morgan fingerprint density at radius 2 is 1.82 bits per heavy atom. The summed E-state index contributed by atoms with van der Waals surface area (Å²) in [6, 6.07) is 15.2. The molecule has 0 aromatic heterocycles. The summed E-state index contributed by atoms with van der Waals surface area (Å²) in [5, 5.41) is 2.81. The smallest absolute Gasteiger partial charge is 0.242 e. The van der Waals surface area contributed by atoms with Crippen molar-refractivity contribution in [1.29, 1.82) is 0 Å². The van der Waals surface area contributed by atoms with E-state index in [-0.39, 0.29) is 11.8 Å². The van der Waals surface area contributed by atoms with Gasteiger partial charge in [-0.1, -0.05) is 42.0 Å². The number of hydrogen-bond donors (Lipinski definition) is 1. The zero-order chi connectivity index (χ0) is 20.5. The highest BCUT2D eigenvalue weighted by Gasteiger charge is 2.25. The number of nitrogens with zero attached hydrogens (tertiary/aromatic N) is 1. The molecule has 2 rings (SSSR count). The van der Waals surface area contributed by atoms with Crippen molar-refractivity contribution in [3.8, 4) is 5.75 Å². The van der Waals surface area contributed by atoms with Gasteiger partial charge in [-0.05, 0) is 50.5 Å². The molecule has 2 amide bonds. The first kappa shape index (κ1) is 21.5. The minimum absolute atomic E-state index is 0.0397. The summed E-state index contributed by atoms with van der Waals surface area (Å²) >= 11 is 0. The van der Waals surface area contributed by atoms with Gasteiger partial charge in [-0.15, -0.1) is 0 Å². The highest BCUT2D eigenvalue weighted by atomic mass is 16.5. The summed E-state index contributed by atoms with van der Waals surface area (Å²) in [4.78, 5) is 27.0. The molecule has 5 heteroatoms. The van der Waals surface area contributed by atoms with E-state index in [1.807, 2.05) is 62.4 Å². The van der Waals surface area contributed by atoms with Gasteiger partial charge in [-0.3, -0.25) is 9.59 Å². The topological polar surface area (TPSA) is 58.6 Å².